The zero-order valence-corrected chi connectivity index (χ0v) is 8.92. The number of rotatable bonds is 6. The van der Waals surface area contributed by atoms with E-state index in [0.717, 1.165) is 0 Å². The van der Waals surface area contributed by atoms with E-state index in [1.807, 2.05) is 0 Å². The highest BCUT2D eigenvalue weighted by atomic mass is 19.1. The van der Waals surface area contributed by atoms with Crippen LogP contribution in [0, 0.1) is 0 Å². The third-order valence-corrected chi connectivity index (χ3v) is 2.11. The summed E-state index contributed by atoms with van der Waals surface area (Å²) in [4.78, 5) is 11.4. The molecule has 0 radical (unpaired) electrons. The minimum atomic E-state index is -0.550. The topological polar surface area (TPSA) is 26.3 Å². The van der Waals surface area contributed by atoms with Crippen molar-refractivity contribution < 1.29 is 18.3 Å². The van der Waals surface area contributed by atoms with Crippen molar-refractivity contribution in [3.05, 3.63) is 35.4 Å². The molecule has 2 nitrogen and oxygen atoms in total. The maximum atomic E-state index is 12.2. The van der Waals surface area contributed by atoms with Gasteiger partial charge in [0.1, 0.15) is 6.67 Å². The highest BCUT2D eigenvalue weighted by Gasteiger charge is 2.06. The Morgan fingerprint density at radius 1 is 1.12 bits per heavy atom. The molecule has 0 aromatic heterocycles. The van der Waals surface area contributed by atoms with Gasteiger partial charge in [0.05, 0.1) is 18.8 Å². The summed E-state index contributed by atoms with van der Waals surface area (Å²) in [5.41, 5.74) is 0.909. The van der Waals surface area contributed by atoms with Gasteiger partial charge in [-0.3, -0.25) is 4.39 Å². The van der Waals surface area contributed by atoms with Gasteiger partial charge in [0.25, 0.3) is 0 Å². The van der Waals surface area contributed by atoms with Crippen molar-refractivity contribution in [2.45, 2.75) is 19.5 Å². The van der Waals surface area contributed by atoms with Gasteiger partial charge in [-0.25, -0.2) is 9.18 Å². The smallest absolute Gasteiger partial charge is 0.338 e. The standard InChI is InChI=1S/C12H14F2O2/c13-7-1-2-8-16-12(15)11-5-3-10(9-14)4-6-11/h3-6H,1-2,7-9H2. The number of esters is 1. The molecular formula is C12H14F2O2. The summed E-state index contributed by atoms with van der Waals surface area (Å²) in [7, 11) is 0. The predicted octanol–water partition coefficient (Wildman–Crippen LogP) is 3.06. The second-order valence-electron chi connectivity index (χ2n) is 3.36. The quantitative estimate of drug-likeness (QED) is 0.552. The lowest BCUT2D eigenvalue weighted by atomic mass is 10.1. The number of unbranched alkanes of at least 4 members (excludes halogenated alkanes) is 1. The summed E-state index contributed by atoms with van der Waals surface area (Å²) in [5.74, 6) is -0.454. The molecule has 0 aliphatic carbocycles. The van der Waals surface area contributed by atoms with Crippen molar-refractivity contribution in [3.63, 3.8) is 0 Å². The summed E-state index contributed by atoms with van der Waals surface area (Å²) in [6.45, 7) is -0.734. The normalized spacial score (nSPS) is 10.1. The molecule has 0 N–H and O–H groups in total. The summed E-state index contributed by atoms with van der Waals surface area (Å²) < 4.78 is 28.8. The monoisotopic (exact) mass is 228 g/mol. The Morgan fingerprint density at radius 2 is 1.81 bits per heavy atom. The van der Waals surface area contributed by atoms with Crippen molar-refractivity contribution in [1.82, 2.24) is 0 Å². The van der Waals surface area contributed by atoms with Crippen molar-refractivity contribution >= 4 is 5.97 Å². The Kier molecular flexibility index (Phi) is 5.46. The van der Waals surface area contributed by atoms with Gasteiger partial charge >= 0.3 is 5.97 Å². The van der Waals surface area contributed by atoms with Crippen LogP contribution >= 0.6 is 0 Å². The second-order valence-corrected chi connectivity index (χ2v) is 3.36. The van der Waals surface area contributed by atoms with E-state index in [1.54, 1.807) is 0 Å². The number of benzene rings is 1. The first-order valence-corrected chi connectivity index (χ1v) is 5.16. The molecule has 1 aromatic carbocycles. The third-order valence-electron chi connectivity index (χ3n) is 2.11. The summed E-state index contributed by atoms with van der Waals surface area (Å²) in [5, 5.41) is 0. The van der Waals surface area contributed by atoms with E-state index in [1.165, 1.54) is 24.3 Å². The van der Waals surface area contributed by atoms with Gasteiger partial charge in [0.15, 0.2) is 0 Å². The Bertz CT molecular complexity index is 322. The Hall–Kier alpha value is -1.45. The van der Waals surface area contributed by atoms with Gasteiger partial charge < -0.3 is 4.74 Å². The molecule has 88 valence electrons. The molecular weight excluding hydrogens is 214 g/mol. The minimum absolute atomic E-state index is 0.216. The molecule has 0 heterocycles. The van der Waals surface area contributed by atoms with Crippen molar-refractivity contribution in [3.8, 4) is 0 Å². The van der Waals surface area contributed by atoms with Gasteiger partial charge in [0, 0.05) is 0 Å². The van der Waals surface area contributed by atoms with Crippen LogP contribution in [0.2, 0.25) is 0 Å². The number of carbonyl (C=O) groups excluding carboxylic acids is 1. The van der Waals surface area contributed by atoms with Crippen LogP contribution in [-0.2, 0) is 11.4 Å². The Labute approximate surface area is 93.2 Å². The van der Waals surface area contributed by atoms with Crippen LogP contribution in [-0.4, -0.2) is 19.3 Å². The first-order chi connectivity index (χ1) is 7.77. The molecule has 0 saturated heterocycles. The Morgan fingerprint density at radius 3 is 2.38 bits per heavy atom. The number of alkyl halides is 2. The fourth-order valence-electron chi connectivity index (χ4n) is 1.17. The zero-order valence-electron chi connectivity index (χ0n) is 8.92. The van der Waals surface area contributed by atoms with Crippen LogP contribution in [0.5, 0.6) is 0 Å². The summed E-state index contributed by atoms with van der Waals surface area (Å²) >= 11 is 0. The lowest BCUT2D eigenvalue weighted by Gasteiger charge is -2.04. The van der Waals surface area contributed by atoms with Crippen molar-refractivity contribution in [1.29, 1.82) is 0 Å². The molecule has 0 atom stereocenters. The van der Waals surface area contributed by atoms with Crippen LogP contribution in [0.4, 0.5) is 8.78 Å². The van der Waals surface area contributed by atoms with Crippen LogP contribution in [0.25, 0.3) is 0 Å². The summed E-state index contributed by atoms with van der Waals surface area (Å²) in [6, 6.07) is 6.12. The second kappa shape index (κ2) is 6.93. The summed E-state index contributed by atoms with van der Waals surface area (Å²) in [6.07, 6.45) is 0.916. The van der Waals surface area contributed by atoms with Gasteiger partial charge in [-0.05, 0) is 30.5 Å². The lowest BCUT2D eigenvalue weighted by molar-refractivity contribution is 0.0496. The molecule has 0 saturated carbocycles. The third kappa shape index (κ3) is 3.96. The van der Waals surface area contributed by atoms with E-state index >= 15 is 0 Å². The van der Waals surface area contributed by atoms with Crippen LogP contribution in [0.1, 0.15) is 28.8 Å². The molecule has 0 bridgehead atoms. The molecule has 1 aromatic rings. The van der Waals surface area contributed by atoms with Crippen molar-refractivity contribution in [2.75, 3.05) is 13.3 Å². The van der Waals surface area contributed by atoms with E-state index in [4.69, 9.17) is 4.74 Å². The molecule has 0 unspecified atom stereocenters. The fraction of sp³-hybridized carbons (Fsp3) is 0.417. The van der Waals surface area contributed by atoms with Gasteiger partial charge in [-0.15, -0.1) is 0 Å². The Balaban J connectivity index is 2.40. The molecule has 0 spiro atoms. The lowest BCUT2D eigenvalue weighted by Crippen LogP contribution is -2.06. The molecule has 16 heavy (non-hydrogen) atoms. The predicted molar refractivity (Wildman–Crippen MR) is 56.7 cm³/mol. The van der Waals surface area contributed by atoms with Gasteiger partial charge in [-0.1, -0.05) is 12.1 Å². The largest absolute Gasteiger partial charge is 0.462 e. The molecule has 4 heteroatoms. The van der Waals surface area contributed by atoms with Crippen LogP contribution in [0.3, 0.4) is 0 Å². The molecule has 0 aliphatic heterocycles. The number of halogens is 2. The molecule has 0 amide bonds. The average Bonchev–Trinajstić information content (AvgIpc) is 2.34. The van der Waals surface area contributed by atoms with E-state index in [0.29, 0.717) is 24.0 Å². The van der Waals surface area contributed by atoms with E-state index in [2.05, 4.69) is 0 Å². The number of hydrogen-bond acceptors (Lipinski definition) is 2. The highest BCUT2D eigenvalue weighted by molar-refractivity contribution is 5.89. The van der Waals surface area contributed by atoms with Crippen LogP contribution in [0.15, 0.2) is 24.3 Å². The first-order valence-electron chi connectivity index (χ1n) is 5.16. The van der Waals surface area contributed by atoms with Crippen molar-refractivity contribution in [2.24, 2.45) is 0 Å². The zero-order chi connectivity index (χ0) is 11.8. The number of ether oxygens (including phenoxy) is 1. The maximum Gasteiger partial charge on any atom is 0.338 e. The molecule has 0 fully saturated rings. The van der Waals surface area contributed by atoms with Gasteiger partial charge in [-0.2, -0.15) is 0 Å². The fourth-order valence-corrected chi connectivity index (χ4v) is 1.17. The van der Waals surface area contributed by atoms with Gasteiger partial charge in [0.2, 0.25) is 0 Å². The van der Waals surface area contributed by atoms with E-state index in [-0.39, 0.29) is 6.61 Å². The maximum absolute atomic E-state index is 12.2. The number of hydrogen-bond donors (Lipinski definition) is 0. The number of carbonyl (C=O) groups is 1. The molecule has 0 aliphatic rings. The highest BCUT2D eigenvalue weighted by Crippen LogP contribution is 2.07. The first kappa shape index (κ1) is 12.6. The van der Waals surface area contributed by atoms with Crippen LogP contribution < -0.4 is 0 Å². The van der Waals surface area contributed by atoms with E-state index in [9.17, 15) is 13.6 Å². The minimum Gasteiger partial charge on any atom is -0.462 e. The SMILES string of the molecule is O=C(OCCCCF)c1ccc(CF)cc1. The van der Waals surface area contributed by atoms with E-state index < -0.39 is 19.3 Å². The average molecular weight is 228 g/mol. The molecule has 1 rings (SSSR count).